The average molecular weight is 324 g/mol. The monoisotopic (exact) mass is 324 g/mol. The van der Waals surface area contributed by atoms with E-state index >= 15 is 0 Å². The molecule has 0 aliphatic rings. The molecule has 0 fully saturated rings. The second kappa shape index (κ2) is 37.5. The smallest absolute Gasteiger partial charge is 0.328 e. The van der Waals surface area contributed by atoms with Crippen LogP contribution in [0.25, 0.3) is 0 Å². The predicted molar refractivity (Wildman–Crippen MR) is 42.5 cm³/mol. The summed E-state index contributed by atoms with van der Waals surface area (Å²) in [5, 5.41) is 15.6. The van der Waals surface area contributed by atoms with E-state index in [1.165, 1.54) is 0 Å². The third-order valence-corrected chi connectivity index (χ3v) is 0.368. The second-order valence-electron chi connectivity index (χ2n) is 1.01. The van der Waals surface area contributed by atoms with Crippen molar-refractivity contribution in [1.29, 1.82) is 0 Å². The summed E-state index contributed by atoms with van der Waals surface area (Å²) >= 11 is 0. The molecule has 0 aliphatic carbocycles. The van der Waals surface area contributed by atoms with Gasteiger partial charge in [-0.2, -0.15) is 0 Å². The fourth-order valence-electron chi connectivity index (χ4n) is 0.143. The van der Waals surface area contributed by atoms with E-state index in [1.807, 2.05) is 0 Å². The topological polar surface area (TPSA) is 232 Å². The van der Waals surface area contributed by atoms with Crippen molar-refractivity contribution in [3.05, 3.63) is 12.2 Å². The number of aliphatic carboxylic acids is 2. The molecule has 0 amide bonds. The van der Waals surface area contributed by atoms with Crippen LogP contribution >= 0.6 is 0 Å². The molecule has 0 aromatic carbocycles. The summed E-state index contributed by atoms with van der Waals surface area (Å²) in [6.07, 6.45) is 1.12. The van der Waals surface area contributed by atoms with E-state index in [-0.39, 0.29) is 60.9 Å². The Morgan fingerprint density at radius 1 is 0.667 bits per heavy atom. The minimum atomic E-state index is -1.26. The minimum Gasteiger partial charge on any atom is -0.478 e. The van der Waals surface area contributed by atoms with Gasteiger partial charge in [0, 0.05) is 45.7 Å². The van der Waals surface area contributed by atoms with Gasteiger partial charge in [0.25, 0.3) is 0 Å². The van der Waals surface area contributed by atoms with E-state index in [1.54, 1.807) is 0 Å². The molecule has 0 bridgehead atoms. The van der Waals surface area contributed by atoms with Gasteiger partial charge in [-0.3, -0.25) is 0 Å². The van der Waals surface area contributed by atoms with Crippen molar-refractivity contribution in [3.8, 4) is 0 Å². The zero-order chi connectivity index (χ0) is 6.57. The van der Waals surface area contributed by atoms with Gasteiger partial charge >= 0.3 is 11.9 Å². The van der Waals surface area contributed by atoms with Gasteiger partial charge in [0.1, 0.15) is 0 Å². The van der Waals surface area contributed by atoms with Crippen LogP contribution in [0.1, 0.15) is 0 Å². The Kier molecular flexibility index (Phi) is 157. The summed E-state index contributed by atoms with van der Waals surface area (Å²) in [6.45, 7) is 0. The summed E-state index contributed by atoms with van der Waals surface area (Å²) in [7, 11) is 0. The zero-order valence-corrected chi connectivity index (χ0v) is 9.11. The number of hydrogen-bond acceptors (Lipinski definition) is 2. The van der Waals surface area contributed by atoms with Crippen molar-refractivity contribution in [1.82, 2.24) is 0 Å². The van der Waals surface area contributed by atoms with Crippen molar-refractivity contribution < 1.29 is 80.7 Å². The third-order valence-electron chi connectivity index (χ3n) is 0.368. The molecule has 102 valence electrons. The van der Waals surface area contributed by atoms with Crippen LogP contribution in [0.15, 0.2) is 12.2 Å². The quantitative estimate of drug-likeness (QED) is 0.478. The molecule has 0 heterocycles. The molecule has 0 aromatic heterocycles. The van der Waals surface area contributed by atoms with E-state index in [2.05, 4.69) is 0 Å². The van der Waals surface area contributed by atoms with Gasteiger partial charge in [0.15, 0.2) is 0 Å². The van der Waals surface area contributed by atoms with Crippen LogP contribution in [0.3, 0.4) is 0 Å². The van der Waals surface area contributed by atoms with Crippen LogP contribution in [0.4, 0.5) is 0 Å². The van der Waals surface area contributed by atoms with Crippen LogP contribution in [0.5, 0.6) is 0 Å². The van der Waals surface area contributed by atoms with Gasteiger partial charge < -0.3 is 37.6 Å². The first-order chi connectivity index (χ1) is 3.63. The second-order valence-corrected chi connectivity index (χ2v) is 1.01. The Morgan fingerprint density at radius 3 is 0.867 bits per heavy atom. The molecule has 15 heavy (non-hydrogen) atoms. The molecular weight excluding hydrogens is 310 g/mol. The van der Waals surface area contributed by atoms with Gasteiger partial charge in [-0.05, 0) is 0 Å². The SMILES string of the molecule is O.O.O.O.O.O=C(O)C=CC(=O)O.[Co].[Co]. The predicted octanol–water partition coefficient (Wildman–Crippen LogP) is -4.42. The van der Waals surface area contributed by atoms with Crippen LogP contribution < -0.4 is 0 Å². The number of hydrogen-bond donors (Lipinski definition) is 2. The number of carboxylic acid groups (broad SMARTS) is 2. The molecule has 11 heteroatoms. The van der Waals surface area contributed by atoms with Gasteiger partial charge in [-0.15, -0.1) is 0 Å². The Hall–Kier alpha value is -0.507. The fourth-order valence-corrected chi connectivity index (χ4v) is 0.143. The summed E-state index contributed by atoms with van der Waals surface area (Å²) in [5.41, 5.74) is 0. The van der Waals surface area contributed by atoms with Gasteiger partial charge in [0.2, 0.25) is 0 Å². The molecule has 9 nitrogen and oxygen atoms in total. The zero-order valence-electron chi connectivity index (χ0n) is 7.03. The number of carboxylic acids is 2. The molecule has 0 saturated heterocycles. The maximum absolute atomic E-state index is 9.55. The van der Waals surface area contributed by atoms with E-state index in [9.17, 15) is 9.59 Å². The standard InChI is InChI=1S/C4H4O4.2Co.5H2O/c5-3(6)1-2-4(7)8;;;;;;;/h1-2H,(H,5,6)(H,7,8);;;5*1H2. The molecular formula is C4H14Co2O9. The summed E-state index contributed by atoms with van der Waals surface area (Å²) in [5.74, 6) is -2.51. The van der Waals surface area contributed by atoms with Gasteiger partial charge in [-0.25, -0.2) is 9.59 Å². The molecule has 0 aromatic rings. The van der Waals surface area contributed by atoms with E-state index < -0.39 is 11.9 Å². The van der Waals surface area contributed by atoms with Crippen molar-refractivity contribution in [2.24, 2.45) is 0 Å². The van der Waals surface area contributed by atoms with Crippen LogP contribution in [0, 0.1) is 0 Å². The van der Waals surface area contributed by atoms with Crippen molar-refractivity contribution in [3.63, 3.8) is 0 Å². The first-order valence-corrected chi connectivity index (χ1v) is 1.77. The fraction of sp³-hybridized carbons (Fsp3) is 0. The Morgan fingerprint density at radius 2 is 0.800 bits per heavy atom. The minimum absolute atomic E-state index is 0. The summed E-state index contributed by atoms with van der Waals surface area (Å²) in [6, 6.07) is 0. The molecule has 0 aliphatic heterocycles. The van der Waals surface area contributed by atoms with Crippen molar-refractivity contribution in [2.45, 2.75) is 0 Å². The Labute approximate surface area is 105 Å². The Bertz CT molecular complexity index is 131. The first kappa shape index (κ1) is 62.6. The molecule has 0 spiro atoms. The van der Waals surface area contributed by atoms with Crippen molar-refractivity contribution in [2.75, 3.05) is 0 Å². The summed E-state index contributed by atoms with van der Waals surface area (Å²) in [4.78, 5) is 19.1. The molecule has 12 N–H and O–H groups in total. The largest absolute Gasteiger partial charge is 0.478 e. The number of rotatable bonds is 2. The van der Waals surface area contributed by atoms with E-state index in [0.717, 1.165) is 0 Å². The average Bonchev–Trinajstić information content (AvgIpc) is 1.61. The van der Waals surface area contributed by atoms with Crippen LogP contribution in [0.2, 0.25) is 0 Å². The van der Waals surface area contributed by atoms with Gasteiger partial charge in [-0.1, -0.05) is 0 Å². The molecule has 0 atom stereocenters. The van der Waals surface area contributed by atoms with Gasteiger partial charge in [0.05, 0.1) is 0 Å². The summed E-state index contributed by atoms with van der Waals surface area (Å²) < 4.78 is 0. The van der Waals surface area contributed by atoms with E-state index in [0.29, 0.717) is 12.2 Å². The molecule has 0 saturated carbocycles. The maximum Gasteiger partial charge on any atom is 0.328 e. The molecule has 0 unspecified atom stereocenters. The van der Waals surface area contributed by atoms with Crippen LogP contribution in [-0.4, -0.2) is 49.5 Å². The maximum atomic E-state index is 9.55. The molecule has 0 rings (SSSR count). The normalized spacial score (nSPS) is 5.07. The van der Waals surface area contributed by atoms with Crippen molar-refractivity contribution >= 4 is 11.9 Å². The number of carbonyl (C=O) groups is 2. The molecule has 2 radical (unpaired) electrons. The van der Waals surface area contributed by atoms with E-state index in [4.69, 9.17) is 10.2 Å². The first-order valence-electron chi connectivity index (χ1n) is 1.77. The Balaban J connectivity index is -0.0000000117. The third kappa shape index (κ3) is 88.3. The van der Waals surface area contributed by atoms with Crippen LogP contribution in [-0.2, 0) is 43.1 Å².